The predicted molar refractivity (Wildman–Crippen MR) is 80.6 cm³/mol. The molecule has 2 aliphatic heterocycles. The third kappa shape index (κ3) is 2.45. The summed E-state index contributed by atoms with van der Waals surface area (Å²) in [4.78, 5) is 13.7. The number of amides is 1. The van der Waals surface area contributed by atoms with E-state index in [0.29, 0.717) is 23.3 Å². The number of anilines is 2. The number of nitrogens with two attached hydrogens (primary N) is 2. The molecular weight excluding hydrogens is 252 g/mol. The summed E-state index contributed by atoms with van der Waals surface area (Å²) in [6, 6.07) is 6.32. The molecule has 1 amide bonds. The summed E-state index contributed by atoms with van der Waals surface area (Å²) < 4.78 is 0. The highest BCUT2D eigenvalue weighted by atomic mass is 16.1. The van der Waals surface area contributed by atoms with Crippen molar-refractivity contribution in [2.24, 2.45) is 5.73 Å². The maximum Gasteiger partial charge on any atom is 0.248 e. The number of carbonyl (C=O) groups is 1. The Bertz CT molecular complexity index is 517. The maximum atomic E-state index is 11.1. The van der Waals surface area contributed by atoms with Crippen molar-refractivity contribution < 1.29 is 4.79 Å². The summed E-state index contributed by atoms with van der Waals surface area (Å²) in [7, 11) is 0. The molecule has 2 atom stereocenters. The third-order valence-electron chi connectivity index (χ3n) is 4.53. The van der Waals surface area contributed by atoms with Crippen LogP contribution in [0, 0.1) is 0 Å². The summed E-state index contributed by atoms with van der Waals surface area (Å²) in [5.41, 5.74) is 13.2. The maximum absolute atomic E-state index is 11.1. The van der Waals surface area contributed by atoms with Crippen molar-refractivity contribution >= 4 is 17.3 Å². The van der Waals surface area contributed by atoms with Crippen LogP contribution >= 0.6 is 0 Å². The third-order valence-corrected chi connectivity index (χ3v) is 4.53. The lowest BCUT2D eigenvalue weighted by Gasteiger charge is -2.33. The molecule has 2 fully saturated rings. The highest BCUT2D eigenvalue weighted by Crippen LogP contribution is 2.31. The summed E-state index contributed by atoms with van der Waals surface area (Å²) in [5.74, 6) is -0.442. The lowest BCUT2D eigenvalue weighted by atomic mass is 9.98. The Kier molecular flexibility index (Phi) is 3.53. The molecule has 0 aromatic heterocycles. The van der Waals surface area contributed by atoms with E-state index in [4.69, 9.17) is 11.5 Å². The van der Waals surface area contributed by atoms with Crippen LogP contribution in [0.15, 0.2) is 18.2 Å². The molecule has 2 saturated heterocycles. The van der Waals surface area contributed by atoms with Gasteiger partial charge in [-0.25, -0.2) is 0 Å². The second-order valence-electron chi connectivity index (χ2n) is 5.80. The van der Waals surface area contributed by atoms with Crippen LogP contribution in [-0.2, 0) is 0 Å². The molecule has 0 saturated carbocycles. The van der Waals surface area contributed by atoms with Gasteiger partial charge in [0.25, 0.3) is 0 Å². The van der Waals surface area contributed by atoms with Crippen molar-refractivity contribution in [1.29, 1.82) is 0 Å². The Balaban J connectivity index is 1.73. The molecule has 5 nitrogen and oxygen atoms in total. The van der Waals surface area contributed by atoms with E-state index in [1.54, 1.807) is 12.1 Å². The summed E-state index contributed by atoms with van der Waals surface area (Å²) in [6.45, 7) is 2.39. The van der Waals surface area contributed by atoms with Crippen LogP contribution in [0.4, 0.5) is 11.4 Å². The molecule has 2 aliphatic rings. The standard InChI is InChI=1S/C15H22N4O/c16-11-9-10(15(17)20)4-5-12(11)18-13-6-8-19-7-2-1-3-14(13)19/h4-5,9,13-14,18H,1-3,6-8,16H2,(H2,17,20). The van der Waals surface area contributed by atoms with Gasteiger partial charge in [0.15, 0.2) is 0 Å². The lowest BCUT2D eigenvalue weighted by molar-refractivity contribution is 0.100. The molecule has 1 aromatic carbocycles. The molecule has 0 aliphatic carbocycles. The molecule has 3 rings (SSSR count). The van der Waals surface area contributed by atoms with Crippen LogP contribution in [0.25, 0.3) is 0 Å². The van der Waals surface area contributed by atoms with Crippen molar-refractivity contribution in [1.82, 2.24) is 4.90 Å². The minimum atomic E-state index is -0.442. The first-order valence-electron chi connectivity index (χ1n) is 7.35. The van der Waals surface area contributed by atoms with Gasteiger partial charge >= 0.3 is 0 Å². The Morgan fingerprint density at radius 1 is 1.25 bits per heavy atom. The predicted octanol–water partition coefficient (Wildman–Crippen LogP) is 1.41. The molecule has 2 heterocycles. The van der Waals surface area contributed by atoms with Crippen LogP contribution in [0.1, 0.15) is 36.0 Å². The van der Waals surface area contributed by atoms with Gasteiger partial charge in [-0.05, 0) is 44.0 Å². The van der Waals surface area contributed by atoms with Gasteiger partial charge in [0, 0.05) is 24.2 Å². The van der Waals surface area contributed by atoms with E-state index in [1.165, 1.54) is 32.4 Å². The highest BCUT2D eigenvalue weighted by Gasteiger charge is 2.35. The highest BCUT2D eigenvalue weighted by molar-refractivity contribution is 5.94. The number of fused-ring (bicyclic) bond motifs is 1. The number of hydrogen-bond acceptors (Lipinski definition) is 4. The summed E-state index contributed by atoms with van der Waals surface area (Å²) >= 11 is 0. The molecule has 1 aromatic rings. The summed E-state index contributed by atoms with van der Waals surface area (Å²) in [6.07, 6.45) is 5.05. The SMILES string of the molecule is NC(=O)c1ccc(NC2CCN3CCCCC23)c(N)c1. The zero-order valence-electron chi connectivity index (χ0n) is 11.6. The minimum Gasteiger partial charge on any atom is -0.397 e. The van der Waals surface area contributed by atoms with Gasteiger partial charge < -0.3 is 16.8 Å². The van der Waals surface area contributed by atoms with Crippen molar-refractivity contribution in [2.75, 3.05) is 24.1 Å². The number of piperidine rings is 1. The fourth-order valence-electron chi connectivity index (χ4n) is 3.46. The number of carbonyl (C=O) groups excluding carboxylic acids is 1. The topological polar surface area (TPSA) is 84.4 Å². The summed E-state index contributed by atoms with van der Waals surface area (Å²) in [5, 5.41) is 3.56. The molecule has 108 valence electrons. The van der Waals surface area contributed by atoms with Gasteiger partial charge in [0.05, 0.1) is 11.4 Å². The monoisotopic (exact) mass is 274 g/mol. The lowest BCUT2D eigenvalue weighted by Crippen LogP contribution is -2.41. The number of nitrogens with one attached hydrogen (secondary N) is 1. The van der Waals surface area contributed by atoms with Crippen LogP contribution in [0.5, 0.6) is 0 Å². The zero-order chi connectivity index (χ0) is 14.1. The van der Waals surface area contributed by atoms with Crippen LogP contribution in [0.2, 0.25) is 0 Å². The molecule has 0 spiro atoms. The molecule has 0 bridgehead atoms. The Hall–Kier alpha value is -1.75. The van der Waals surface area contributed by atoms with E-state index >= 15 is 0 Å². The number of nitrogens with zero attached hydrogens (tertiary/aromatic N) is 1. The van der Waals surface area contributed by atoms with E-state index in [0.717, 1.165) is 12.1 Å². The number of primary amides is 1. The molecule has 5 N–H and O–H groups in total. The van der Waals surface area contributed by atoms with Crippen LogP contribution < -0.4 is 16.8 Å². The van der Waals surface area contributed by atoms with Gasteiger partial charge in [0.1, 0.15) is 0 Å². The first-order valence-corrected chi connectivity index (χ1v) is 7.35. The fourth-order valence-corrected chi connectivity index (χ4v) is 3.46. The first kappa shape index (κ1) is 13.2. The first-order chi connectivity index (χ1) is 9.65. The number of hydrogen-bond donors (Lipinski definition) is 3. The van der Waals surface area contributed by atoms with Crippen molar-refractivity contribution in [2.45, 2.75) is 37.8 Å². The number of nitrogen functional groups attached to an aromatic ring is 1. The largest absolute Gasteiger partial charge is 0.397 e. The number of rotatable bonds is 3. The molecular formula is C15H22N4O. The normalized spacial score (nSPS) is 26.2. The van der Waals surface area contributed by atoms with Gasteiger partial charge in [-0.3, -0.25) is 9.69 Å². The minimum absolute atomic E-state index is 0.442. The van der Waals surface area contributed by atoms with Gasteiger partial charge in [-0.15, -0.1) is 0 Å². The average molecular weight is 274 g/mol. The smallest absolute Gasteiger partial charge is 0.248 e. The van der Waals surface area contributed by atoms with Crippen molar-refractivity contribution in [3.05, 3.63) is 23.8 Å². The molecule has 20 heavy (non-hydrogen) atoms. The van der Waals surface area contributed by atoms with E-state index in [-0.39, 0.29) is 0 Å². The Labute approximate surface area is 119 Å². The second kappa shape index (κ2) is 5.32. The molecule has 5 heteroatoms. The average Bonchev–Trinajstić information content (AvgIpc) is 2.84. The zero-order valence-corrected chi connectivity index (χ0v) is 11.6. The van der Waals surface area contributed by atoms with Gasteiger partial charge in [-0.2, -0.15) is 0 Å². The Morgan fingerprint density at radius 3 is 2.85 bits per heavy atom. The van der Waals surface area contributed by atoms with Gasteiger partial charge in [0.2, 0.25) is 5.91 Å². The molecule has 2 unspecified atom stereocenters. The van der Waals surface area contributed by atoms with Crippen molar-refractivity contribution in [3.63, 3.8) is 0 Å². The van der Waals surface area contributed by atoms with Gasteiger partial charge in [-0.1, -0.05) is 6.42 Å². The molecule has 0 radical (unpaired) electrons. The fraction of sp³-hybridized carbons (Fsp3) is 0.533. The van der Waals surface area contributed by atoms with Crippen molar-refractivity contribution in [3.8, 4) is 0 Å². The van der Waals surface area contributed by atoms with E-state index < -0.39 is 5.91 Å². The van der Waals surface area contributed by atoms with E-state index in [2.05, 4.69) is 10.2 Å². The quantitative estimate of drug-likeness (QED) is 0.728. The van der Waals surface area contributed by atoms with E-state index in [1.807, 2.05) is 6.07 Å². The van der Waals surface area contributed by atoms with Crippen LogP contribution in [0.3, 0.4) is 0 Å². The second-order valence-corrected chi connectivity index (χ2v) is 5.80. The van der Waals surface area contributed by atoms with Crippen LogP contribution in [-0.4, -0.2) is 36.0 Å². The number of benzene rings is 1. The Morgan fingerprint density at radius 2 is 2.10 bits per heavy atom. The van der Waals surface area contributed by atoms with E-state index in [9.17, 15) is 4.79 Å².